The SMILES string of the molecule is CCO[Si](CCCNc1nc(OCCC2(C)N=N2)nc(OCCC2(C)N=N2)n1)(OCC)OCC. The Morgan fingerprint density at radius 3 is 1.62 bits per heavy atom. The van der Waals surface area contributed by atoms with Gasteiger partial charge in [-0.2, -0.15) is 30.4 Å². The van der Waals surface area contributed by atoms with Crippen molar-refractivity contribution in [2.75, 3.05) is 44.9 Å². The summed E-state index contributed by atoms with van der Waals surface area (Å²) < 4.78 is 29.2. The third-order valence-electron chi connectivity index (χ3n) is 5.13. The molecular formula is C20H36N8O5Si. The van der Waals surface area contributed by atoms with Crippen LogP contribution in [0, 0.1) is 0 Å². The van der Waals surface area contributed by atoms with E-state index in [0.29, 0.717) is 64.4 Å². The van der Waals surface area contributed by atoms with Gasteiger partial charge in [-0.15, -0.1) is 4.98 Å². The van der Waals surface area contributed by atoms with E-state index in [9.17, 15) is 0 Å². The molecule has 0 radical (unpaired) electrons. The normalized spacial score (nSPS) is 17.0. The number of hydrogen-bond donors (Lipinski definition) is 1. The molecule has 0 amide bonds. The summed E-state index contributed by atoms with van der Waals surface area (Å²) in [5, 5.41) is 19.2. The number of anilines is 1. The van der Waals surface area contributed by atoms with Gasteiger partial charge in [0.2, 0.25) is 5.95 Å². The molecule has 3 rings (SSSR count). The molecule has 1 N–H and O–H groups in total. The second-order valence-electron chi connectivity index (χ2n) is 8.27. The fraction of sp³-hybridized carbons (Fsp3) is 0.850. The summed E-state index contributed by atoms with van der Waals surface area (Å²) in [7, 11) is -2.69. The molecule has 1 aromatic heterocycles. The Bertz CT molecular complexity index is 781. The van der Waals surface area contributed by atoms with Crippen molar-refractivity contribution in [2.45, 2.75) is 71.3 Å². The van der Waals surface area contributed by atoms with Gasteiger partial charge < -0.3 is 28.1 Å². The van der Waals surface area contributed by atoms with Gasteiger partial charge in [0, 0.05) is 45.3 Å². The Balaban J connectivity index is 1.55. The molecule has 0 spiro atoms. The molecule has 13 nitrogen and oxygen atoms in total. The highest BCUT2D eigenvalue weighted by Gasteiger charge is 2.39. The topological polar surface area (TPSA) is 146 Å². The first-order chi connectivity index (χ1) is 16.3. The van der Waals surface area contributed by atoms with Crippen LogP contribution in [0.4, 0.5) is 5.95 Å². The van der Waals surface area contributed by atoms with Gasteiger partial charge in [-0.3, -0.25) is 0 Å². The quantitative estimate of drug-likeness (QED) is 0.224. The smallest absolute Gasteiger partial charge is 0.463 e. The van der Waals surface area contributed by atoms with E-state index in [-0.39, 0.29) is 23.3 Å². The Hall–Kier alpha value is -2.29. The van der Waals surface area contributed by atoms with Crippen LogP contribution in [0.3, 0.4) is 0 Å². The molecule has 0 fully saturated rings. The standard InChI is InChI=1S/C20H36N8O5Si/c1-6-31-34(32-7-2,33-8-3)15-9-12-21-16-22-17(29-13-10-19(4)25-26-19)24-18(23-16)30-14-11-20(5)27-28-20/h6-15H2,1-5H3,(H,21,22,23,24). The van der Waals surface area contributed by atoms with Crippen molar-refractivity contribution in [1.82, 2.24) is 15.0 Å². The van der Waals surface area contributed by atoms with Crippen LogP contribution in [0.1, 0.15) is 53.9 Å². The fourth-order valence-electron chi connectivity index (χ4n) is 3.09. The van der Waals surface area contributed by atoms with Crippen LogP contribution in [-0.4, -0.2) is 74.7 Å². The summed E-state index contributed by atoms with van der Waals surface area (Å²) in [6.07, 6.45) is 2.06. The average Bonchev–Trinajstić information content (AvgIpc) is 3.71. The zero-order valence-electron chi connectivity index (χ0n) is 20.7. The van der Waals surface area contributed by atoms with Crippen molar-refractivity contribution in [2.24, 2.45) is 20.5 Å². The average molecular weight is 497 g/mol. The Morgan fingerprint density at radius 2 is 1.21 bits per heavy atom. The van der Waals surface area contributed by atoms with Crippen LogP contribution >= 0.6 is 0 Å². The van der Waals surface area contributed by atoms with Crippen molar-refractivity contribution < 1.29 is 22.8 Å². The molecule has 0 atom stereocenters. The van der Waals surface area contributed by atoms with Gasteiger partial charge in [0.05, 0.1) is 13.2 Å². The van der Waals surface area contributed by atoms with Gasteiger partial charge in [0.1, 0.15) is 0 Å². The second kappa shape index (κ2) is 11.9. The lowest BCUT2D eigenvalue weighted by Crippen LogP contribution is -2.46. The van der Waals surface area contributed by atoms with Crippen LogP contribution in [0.2, 0.25) is 6.04 Å². The van der Waals surface area contributed by atoms with Crippen molar-refractivity contribution >= 4 is 14.8 Å². The Kier molecular flexibility index (Phi) is 9.22. The third kappa shape index (κ3) is 8.49. The summed E-state index contributed by atoms with van der Waals surface area (Å²) in [5.41, 5.74) is -0.698. The Labute approximate surface area is 201 Å². The van der Waals surface area contributed by atoms with Crippen LogP contribution in [0.25, 0.3) is 0 Å². The molecule has 2 aliphatic rings. The van der Waals surface area contributed by atoms with E-state index < -0.39 is 8.80 Å². The molecule has 2 aliphatic heterocycles. The van der Waals surface area contributed by atoms with E-state index in [1.165, 1.54) is 0 Å². The lowest BCUT2D eigenvalue weighted by Gasteiger charge is -2.28. The van der Waals surface area contributed by atoms with Gasteiger partial charge in [0.15, 0.2) is 11.3 Å². The molecule has 14 heteroatoms. The summed E-state index contributed by atoms with van der Waals surface area (Å²) in [6, 6.07) is 1.06. The summed E-state index contributed by atoms with van der Waals surface area (Å²) in [4.78, 5) is 13.0. The van der Waals surface area contributed by atoms with E-state index in [4.69, 9.17) is 22.8 Å². The largest absolute Gasteiger partial charge is 0.500 e. The van der Waals surface area contributed by atoms with Crippen LogP contribution in [0.5, 0.6) is 12.0 Å². The van der Waals surface area contributed by atoms with E-state index in [1.54, 1.807) is 0 Å². The number of aromatic nitrogens is 3. The van der Waals surface area contributed by atoms with Gasteiger partial charge in [-0.05, 0) is 41.0 Å². The molecule has 0 bridgehead atoms. The zero-order chi connectivity index (χ0) is 24.5. The van der Waals surface area contributed by atoms with E-state index in [2.05, 4.69) is 40.7 Å². The zero-order valence-corrected chi connectivity index (χ0v) is 21.7. The lowest BCUT2D eigenvalue weighted by atomic mass is 10.2. The molecule has 190 valence electrons. The molecule has 0 saturated heterocycles. The molecule has 0 unspecified atom stereocenters. The fourth-order valence-corrected chi connectivity index (χ4v) is 5.71. The van der Waals surface area contributed by atoms with E-state index >= 15 is 0 Å². The number of hydrogen-bond acceptors (Lipinski definition) is 13. The summed E-state index contributed by atoms with van der Waals surface area (Å²) in [5.74, 6) is 0.371. The molecule has 0 saturated carbocycles. The van der Waals surface area contributed by atoms with E-state index in [1.807, 2.05) is 34.6 Å². The van der Waals surface area contributed by atoms with Gasteiger partial charge in [-0.1, -0.05) is 0 Å². The Morgan fingerprint density at radius 1 is 0.735 bits per heavy atom. The first-order valence-corrected chi connectivity index (χ1v) is 13.8. The number of nitrogens with zero attached hydrogens (tertiary/aromatic N) is 7. The maximum Gasteiger partial charge on any atom is 0.500 e. The first kappa shape index (κ1) is 26.3. The molecule has 0 aliphatic carbocycles. The van der Waals surface area contributed by atoms with Crippen LogP contribution in [-0.2, 0) is 13.3 Å². The van der Waals surface area contributed by atoms with Crippen LogP contribution in [0.15, 0.2) is 20.5 Å². The minimum absolute atomic E-state index is 0.186. The first-order valence-electron chi connectivity index (χ1n) is 11.9. The monoisotopic (exact) mass is 496 g/mol. The third-order valence-corrected chi connectivity index (χ3v) is 8.28. The predicted molar refractivity (Wildman–Crippen MR) is 125 cm³/mol. The number of ether oxygens (including phenoxy) is 2. The number of nitrogens with one attached hydrogen (secondary N) is 1. The molecule has 1 aromatic rings. The maximum atomic E-state index is 5.91. The minimum Gasteiger partial charge on any atom is -0.463 e. The molecule has 0 aromatic carbocycles. The summed E-state index contributed by atoms with van der Waals surface area (Å²) >= 11 is 0. The highest BCUT2D eigenvalue weighted by molar-refractivity contribution is 6.60. The highest BCUT2D eigenvalue weighted by atomic mass is 28.4. The van der Waals surface area contributed by atoms with Gasteiger partial charge in [-0.25, -0.2) is 0 Å². The van der Waals surface area contributed by atoms with Crippen molar-refractivity contribution in [1.29, 1.82) is 0 Å². The van der Waals surface area contributed by atoms with Crippen molar-refractivity contribution in [3.05, 3.63) is 0 Å². The molecular weight excluding hydrogens is 460 g/mol. The lowest BCUT2D eigenvalue weighted by molar-refractivity contribution is 0.0710. The number of rotatable bonds is 19. The second-order valence-corrected chi connectivity index (χ2v) is 11.0. The van der Waals surface area contributed by atoms with Gasteiger partial charge in [0.25, 0.3) is 0 Å². The van der Waals surface area contributed by atoms with Crippen molar-refractivity contribution in [3.8, 4) is 12.0 Å². The molecule has 34 heavy (non-hydrogen) atoms. The predicted octanol–water partition coefficient (Wildman–Crippen LogP) is 3.62. The van der Waals surface area contributed by atoms with Gasteiger partial charge >= 0.3 is 20.8 Å². The summed E-state index contributed by atoms with van der Waals surface area (Å²) in [6.45, 7) is 12.7. The van der Waals surface area contributed by atoms with E-state index in [0.717, 1.165) is 6.42 Å². The minimum atomic E-state index is -2.69. The van der Waals surface area contributed by atoms with Crippen LogP contribution < -0.4 is 14.8 Å². The van der Waals surface area contributed by atoms with Crippen molar-refractivity contribution in [3.63, 3.8) is 0 Å². The maximum absolute atomic E-state index is 5.91. The molecule has 3 heterocycles. The highest BCUT2D eigenvalue weighted by Crippen LogP contribution is 2.31.